The number of rotatable bonds is 3. The summed E-state index contributed by atoms with van der Waals surface area (Å²) in [5.41, 5.74) is -0.896. The van der Waals surface area contributed by atoms with Gasteiger partial charge in [0.15, 0.2) is 11.3 Å². The van der Waals surface area contributed by atoms with Crippen LogP contribution in [0.5, 0.6) is 0 Å². The Kier molecular flexibility index (Phi) is 4.67. The van der Waals surface area contributed by atoms with Crippen LogP contribution in [0.1, 0.15) is 11.4 Å². The number of halogens is 3. The monoisotopic (exact) mass is 391 g/mol. The van der Waals surface area contributed by atoms with E-state index >= 15 is 0 Å². The Balaban J connectivity index is 1.87. The van der Waals surface area contributed by atoms with Gasteiger partial charge in [0.1, 0.15) is 11.2 Å². The minimum absolute atomic E-state index is 0.199. The number of hydrogen-bond acceptors (Lipinski definition) is 7. The van der Waals surface area contributed by atoms with Gasteiger partial charge in [0.05, 0.1) is 12.2 Å². The highest BCUT2D eigenvalue weighted by atomic mass is 19.4. The summed E-state index contributed by atoms with van der Waals surface area (Å²) < 4.78 is 41.1. The Morgan fingerprint density at radius 1 is 1.00 bits per heavy atom. The van der Waals surface area contributed by atoms with Gasteiger partial charge in [-0.25, -0.2) is 9.97 Å². The summed E-state index contributed by atoms with van der Waals surface area (Å²) >= 11 is 0. The molecule has 1 saturated heterocycles. The highest BCUT2D eigenvalue weighted by Gasteiger charge is 2.36. The summed E-state index contributed by atoms with van der Waals surface area (Å²) in [5, 5.41) is 3.20. The molecule has 0 spiro atoms. The van der Waals surface area contributed by atoms with Crippen molar-refractivity contribution < 1.29 is 13.2 Å². The maximum absolute atomic E-state index is 13.3. The maximum atomic E-state index is 13.3. The van der Waals surface area contributed by atoms with Crippen LogP contribution in [0.3, 0.4) is 0 Å². The van der Waals surface area contributed by atoms with E-state index in [1.54, 1.807) is 6.07 Å². The molecule has 0 amide bonds. The number of aromatic nitrogens is 5. The quantitative estimate of drug-likeness (QED) is 0.714. The standard InChI is InChI=1S/C17H16F3N7O/c18-17(19,20)14-12(23-1-3-24-14)10-27-15-11(22-2-4-25-15)9-13(16(27)28)26-7-5-21-6-8-26/h1-4,9,21H,5-8,10H2. The first-order valence-corrected chi connectivity index (χ1v) is 8.62. The van der Waals surface area contributed by atoms with Crippen LogP contribution in [0.25, 0.3) is 11.2 Å². The van der Waals surface area contributed by atoms with E-state index < -0.39 is 24.0 Å². The molecule has 0 aliphatic carbocycles. The second-order valence-corrected chi connectivity index (χ2v) is 6.27. The molecule has 0 radical (unpaired) electrons. The first kappa shape index (κ1) is 18.3. The topological polar surface area (TPSA) is 88.8 Å². The molecular weight excluding hydrogens is 375 g/mol. The molecular formula is C17H16F3N7O. The van der Waals surface area contributed by atoms with E-state index in [0.717, 1.165) is 6.20 Å². The fraction of sp³-hybridized carbons (Fsp3) is 0.353. The number of piperazine rings is 1. The molecule has 1 N–H and O–H groups in total. The van der Waals surface area contributed by atoms with Crippen LogP contribution in [0.15, 0.2) is 35.6 Å². The van der Waals surface area contributed by atoms with Gasteiger partial charge in [-0.3, -0.25) is 19.3 Å². The highest BCUT2D eigenvalue weighted by Crippen LogP contribution is 2.29. The van der Waals surface area contributed by atoms with Crippen LogP contribution in [0, 0.1) is 0 Å². The van der Waals surface area contributed by atoms with Gasteiger partial charge in [-0.15, -0.1) is 0 Å². The van der Waals surface area contributed by atoms with Crippen LogP contribution >= 0.6 is 0 Å². The van der Waals surface area contributed by atoms with Crippen LogP contribution in [-0.4, -0.2) is 50.7 Å². The van der Waals surface area contributed by atoms with Crippen LogP contribution in [0.2, 0.25) is 0 Å². The van der Waals surface area contributed by atoms with E-state index in [4.69, 9.17) is 0 Å². The summed E-state index contributed by atoms with van der Waals surface area (Å²) in [4.78, 5) is 30.7. The van der Waals surface area contributed by atoms with Gasteiger partial charge in [-0.05, 0) is 6.07 Å². The second-order valence-electron chi connectivity index (χ2n) is 6.27. The average Bonchev–Trinajstić information content (AvgIpc) is 2.70. The number of alkyl halides is 3. The van der Waals surface area contributed by atoms with E-state index in [-0.39, 0.29) is 11.3 Å². The van der Waals surface area contributed by atoms with E-state index in [2.05, 4.69) is 25.3 Å². The third kappa shape index (κ3) is 3.40. The summed E-state index contributed by atoms with van der Waals surface area (Å²) in [7, 11) is 0. The molecule has 4 heterocycles. The lowest BCUT2D eigenvalue weighted by atomic mass is 10.2. The van der Waals surface area contributed by atoms with E-state index in [0.29, 0.717) is 37.4 Å². The Morgan fingerprint density at radius 2 is 1.68 bits per heavy atom. The predicted molar refractivity (Wildman–Crippen MR) is 95.0 cm³/mol. The lowest BCUT2D eigenvalue weighted by Gasteiger charge is -2.29. The Morgan fingerprint density at radius 3 is 2.43 bits per heavy atom. The van der Waals surface area contributed by atoms with Crippen molar-refractivity contribution in [1.82, 2.24) is 29.8 Å². The molecule has 0 unspecified atom stereocenters. The number of nitrogens with zero attached hydrogens (tertiary/aromatic N) is 6. The molecule has 8 nitrogen and oxygen atoms in total. The summed E-state index contributed by atoms with van der Waals surface area (Å²) in [6.07, 6.45) is 0.338. The van der Waals surface area contributed by atoms with E-state index in [1.165, 1.54) is 23.2 Å². The molecule has 3 aromatic rings. The zero-order valence-electron chi connectivity index (χ0n) is 14.6. The van der Waals surface area contributed by atoms with Crippen molar-refractivity contribution >= 4 is 16.9 Å². The molecule has 3 aromatic heterocycles. The number of hydrogen-bond donors (Lipinski definition) is 1. The molecule has 1 aliphatic heterocycles. The number of pyridine rings is 1. The molecule has 0 aromatic carbocycles. The van der Waals surface area contributed by atoms with Gasteiger partial charge in [-0.1, -0.05) is 0 Å². The lowest BCUT2D eigenvalue weighted by molar-refractivity contribution is -0.142. The van der Waals surface area contributed by atoms with Gasteiger partial charge in [0, 0.05) is 51.0 Å². The summed E-state index contributed by atoms with van der Waals surface area (Å²) in [6, 6.07) is 1.63. The highest BCUT2D eigenvalue weighted by molar-refractivity contribution is 5.75. The second kappa shape index (κ2) is 7.15. The third-order valence-corrected chi connectivity index (χ3v) is 4.51. The van der Waals surface area contributed by atoms with Gasteiger partial charge < -0.3 is 10.2 Å². The van der Waals surface area contributed by atoms with Crippen molar-refractivity contribution in [2.45, 2.75) is 12.7 Å². The molecule has 0 bridgehead atoms. The molecule has 0 saturated carbocycles. The van der Waals surface area contributed by atoms with Crippen LogP contribution in [0.4, 0.5) is 18.9 Å². The summed E-state index contributed by atoms with van der Waals surface area (Å²) in [5.74, 6) is 0. The van der Waals surface area contributed by atoms with Gasteiger partial charge in [0.2, 0.25) is 0 Å². The minimum atomic E-state index is -4.68. The van der Waals surface area contributed by atoms with Crippen LogP contribution in [-0.2, 0) is 12.7 Å². The lowest BCUT2D eigenvalue weighted by Crippen LogP contribution is -2.46. The van der Waals surface area contributed by atoms with Crippen molar-refractivity contribution in [1.29, 1.82) is 0 Å². The Hall–Kier alpha value is -3.08. The Bertz CT molecular complexity index is 1060. The van der Waals surface area contributed by atoms with Crippen molar-refractivity contribution in [2.24, 2.45) is 0 Å². The SMILES string of the molecule is O=c1c(N2CCNCC2)cc2nccnc2n1Cc1nccnc1C(F)(F)F. The third-order valence-electron chi connectivity index (χ3n) is 4.51. The van der Waals surface area contributed by atoms with Gasteiger partial charge in [0.25, 0.3) is 5.56 Å². The maximum Gasteiger partial charge on any atom is 0.435 e. The molecule has 28 heavy (non-hydrogen) atoms. The molecule has 4 rings (SSSR count). The Labute approximate surface area is 157 Å². The first-order valence-electron chi connectivity index (χ1n) is 8.62. The first-order chi connectivity index (χ1) is 13.4. The van der Waals surface area contributed by atoms with Gasteiger partial charge >= 0.3 is 6.18 Å². The molecule has 146 valence electrons. The van der Waals surface area contributed by atoms with E-state index in [1.807, 2.05) is 4.90 Å². The molecule has 1 fully saturated rings. The molecule has 11 heteroatoms. The number of fused-ring (bicyclic) bond motifs is 1. The largest absolute Gasteiger partial charge is 0.435 e. The fourth-order valence-electron chi connectivity index (χ4n) is 3.22. The normalized spacial score (nSPS) is 15.2. The van der Waals surface area contributed by atoms with Gasteiger partial charge in [-0.2, -0.15) is 13.2 Å². The van der Waals surface area contributed by atoms with Crippen molar-refractivity contribution in [3.8, 4) is 0 Å². The smallest absolute Gasteiger partial charge is 0.364 e. The molecule has 0 atom stereocenters. The average molecular weight is 391 g/mol. The number of anilines is 1. The van der Waals surface area contributed by atoms with Crippen LogP contribution < -0.4 is 15.8 Å². The fourth-order valence-corrected chi connectivity index (χ4v) is 3.22. The number of nitrogens with one attached hydrogen (secondary N) is 1. The predicted octanol–water partition coefficient (Wildman–Crippen LogP) is 1.06. The molecule has 1 aliphatic rings. The van der Waals surface area contributed by atoms with Crippen molar-refractivity contribution in [3.63, 3.8) is 0 Å². The van der Waals surface area contributed by atoms with Crippen molar-refractivity contribution in [3.05, 3.63) is 52.6 Å². The minimum Gasteiger partial charge on any atom is -0.364 e. The van der Waals surface area contributed by atoms with E-state index in [9.17, 15) is 18.0 Å². The summed E-state index contributed by atoms with van der Waals surface area (Å²) in [6.45, 7) is 2.23. The van der Waals surface area contributed by atoms with Crippen molar-refractivity contribution in [2.75, 3.05) is 31.1 Å². The zero-order valence-corrected chi connectivity index (χ0v) is 14.6. The zero-order chi connectivity index (χ0) is 19.7.